The number of aryl methyl sites for hydroxylation is 1. The molecule has 0 aromatic heterocycles. The van der Waals surface area contributed by atoms with Crippen LogP contribution in [0.25, 0.3) is 6.08 Å². The van der Waals surface area contributed by atoms with E-state index in [4.69, 9.17) is 18.9 Å². The normalized spacial score (nSPS) is 13.9. The molecule has 1 aliphatic rings. The molecule has 0 spiro atoms. The minimum atomic E-state index is -0.398. The highest BCUT2D eigenvalue weighted by atomic mass is 32.2. The highest BCUT2D eigenvalue weighted by molar-refractivity contribution is 8.18. The molecule has 1 heterocycles. The van der Waals surface area contributed by atoms with Crippen molar-refractivity contribution in [3.63, 3.8) is 0 Å². The topological polar surface area (TPSA) is 103 Å². The van der Waals surface area contributed by atoms with Crippen LogP contribution in [-0.4, -0.2) is 55.4 Å². The fourth-order valence-electron chi connectivity index (χ4n) is 3.87. The first-order valence-electron chi connectivity index (χ1n) is 12.7. The molecule has 0 aliphatic carbocycles. The first-order valence-corrected chi connectivity index (χ1v) is 13.5. The van der Waals surface area contributed by atoms with Gasteiger partial charge in [0.25, 0.3) is 17.1 Å². The SMILES string of the molecule is CCOc1cc(/C=C2\SC(=O)N(CCOc3ccccc3OC)C2=O)ccc1OCC(=O)Nc1ccccc1C. The third-order valence-corrected chi connectivity index (χ3v) is 6.77. The number of carbonyl (C=O) groups excluding carboxylic acids is 3. The summed E-state index contributed by atoms with van der Waals surface area (Å²) in [6.45, 7) is 4.14. The Kier molecular flexibility index (Phi) is 9.69. The van der Waals surface area contributed by atoms with Crippen LogP contribution in [-0.2, 0) is 9.59 Å². The molecule has 10 heteroatoms. The molecule has 4 rings (SSSR count). The number of benzene rings is 3. The fourth-order valence-corrected chi connectivity index (χ4v) is 4.74. The largest absolute Gasteiger partial charge is 0.493 e. The summed E-state index contributed by atoms with van der Waals surface area (Å²) < 4.78 is 22.4. The number of methoxy groups -OCH3 is 1. The van der Waals surface area contributed by atoms with Gasteiger partial charge in [-0.2, -0.15) is 0 Å². The molecule has 9 nitrogen and oxygen atoms in total. The van der Waals surface area contributed by atoms with Crippen molar-refractivity contribution in [3.8, 4) is 23.0 Å². The molecule has 0 atom stereocenters. The van der Waals surface area contributed by atoms with E-state index in [0.29, 0.717) is 35.2 Å². The Balaban J connectivity index is 1.38. The van der Waals surface area contributed by atoms with Crippen molar-refractivity contribution < 1.29 is 33.3 Å². The molecule has 3 aromatic rings. The predicted molar refractivity (Wildman–Crippen MR) is 154 cm³/mol. The zero-order valence-corrected chi connectivity index (χ0v) is 23.3. The third-order valence-electron chi connectivity index (χ3n) is 5.86. The second-order valence-corrected chi connectivity index (χ2v) is 9.62. The molecule has 1 saturated heterocycles. The smallest absolute Gasteiger partial charge is 0.293 e. The van der Waals surface area contributed by atoms with Crippen molar-refractivity contribution in [2.24, 2.45) is 0 Å². The van der Waals surface area contributed by atoms with Crippen molar-refractivity contribution in [2.75, 3.05) is 38.8 Å². The van der Waals surface area contributed by atoms with Gasteiger partial charge in [-0.05, 0) is 73.1 Å². The van der Waals surface area contributed by atoms with E-state index >= 15 is 0 Å². The number of carbonyl (C=O) groups is 3. The van der Waals surface area contributed by atoms with E-state index < -0.39 is 5.91 Å². The van der Waals surface area contributed by atoms with E-state index in [2.05, 4.69) is 5.32 Å². The van der Waals surface area contributed by atoms with Crippen molar-refractivity contribution in [1.82, 2.24) is 4.90 Å². The highest BCUT2D eigenvalue weighted by Crippen LogP contribution is 2.35. The summed E-state index contributed by atoms with van der Waals surface area (Å²) in [7, 11) is 1.54. The van der Waals surface area contributed by atoms with Gasteiger partial charge in [0.15, 0.2) is 29.6 Å². The average Bonchev–Trinajstić information content (AvgIpc) is 3.21. The number of imide groups is 1. The van der Waals surface area contributed by atoms with E-state index in [0.717, 1.165) is 27.9 Å². The van der Waals surface area contributed by atoms with Gasteiger partial charge < -0.3 is 24.3 Å². The number of hydrogen-bond acceptors (Lipinski definition) is 8. The van der Waals surface area contributed by atoms with Crippen LogP contribution in [0.15, 0.2) is 71.6 Å². The van der Waals surface area contributed by atoms with Gasteiger partial charge in [-0.15, -0.1) is 0 Å². The summed E-state index contributed by atoms with van der Waals surface area (Å²) in [5, 5.41) is 2.46. The first kappa shape index (κ1) is 28.6. The number of rotatable bonds is 12. The van der Waals surface area contributed by atoms with Gasteiger partial charge in [0.2, 0.25) is 0 Å². The van der Waals surface area contributed by atoms with Gasteiger partial charge in [-0.3, -0.25) is 19.3 Å². The van der Waals surface area contributed by atoms with Gasteiger partial charge in [-0.25, -0.2) is 0 Å². The Morgan fingerprint density at radius 3 is 2.40 bits per heavy atom. The molecule has 208 valence electrons. The lowest BCUT2D eigenvalue weighted by Crippen LogP contribution is -2.32. The maximum atomic E-state index is 13.0. The molecule has 1 N–H and O–H groups in total. The quantitative estimate of drug-likeness (QED) is 0.287. The van der Waals surface area contributed by atoms with Crippen LogP contribution in [0.4, 0.5) is 10.5 Å². The van der Waals surface area contributed by atoms with Crippen LogP contribution in [0.3, 0.4) is 0 Å². The Hall–Kier alpha value is -4.44. The van der Waals surface area contributed by atoms with E-state index in [1.54, 1.807) is 43.5 Å². The first-order chi connectivity index (χ1) is 19.4. The van der Waals surface area contributed by atoms with E-state index in [-0.39, 0.29) is 35.8 Å². The van der Waals surface area contributed by atoms with Crippen LogP contribution in [0.1, 0.15) is 18.1 Å². The Bertz CT molecular complexity index is 1420. The number of nitrogens with zero attached hydrogens (tertiary/aromatic N) is 1. The fraction of sp³-hybridized carbons (Fsp3) is 0.233. The second kappa shape index (κ2) is 13.6. The number of ether oxygens (including phenoxy) is 4. The molecule has 0 bridgehead atoms. The summed E-state index contributed by atoms with van der Waals surface area (Å²) in [5.74, 6) is 1.21. The Morgan fingerprint density at radius 1 is 0.925 bits per heavy atom. The van der Waals surface area contributed by atoms with Crippen LogP contribution in [0.5, 0.6) is 23.0 Å². The van der Waals surface area contributed by atoms with Crippen LogP contribution < -0.4 is 24.3 Å². The molecule has 3 aromatic carbocycles. The number of anilines is 1. The molecule has 3 amide bonds. The van der Waals surface area contributed by atoms with Crippen molar-refractivity contribution >= 4 is 40.6 Å². The molecular formula is C30H30N2O7S. The zero-order valence-electron chi connectivity index (χ0n) is 22.5. The molecule has 0 unspecified atom stereocenters. The minimum absolute atomic E-state index is 0.0988. The molecule has 40 heavy (non-hydrogen) atoms. The van der Waals surface area contributed by atoms with Crippen LogP contribution in [0, 0.1) is 6.92 Å². The number of amides is 3. The van der Waals surface area contributed by atoms with Crippen molar-refractivity contribution in [3.05, 3.63) is 82.8 Å². The monoisotopic (exact) mass is 562 g/mol. The third kappa shape index (κ3) is 7.15. The second-order valence-electron chi connectivity index (χ2n) is 8.62. The number of thioether (sulfide) groups is 1. The Morgan fingerprint density at radius 2 is 1.65 bits per heavy atom. The van der Waals surface area contributed by atoms with Gasteiger partial charge in [0, 0.05) is 5.69 Å². The summed E-state index contributed by atoms with van der Waals surface area (Å²) >= 11 is 0.863. The predicted octanol–water partition coefficient (Wildman–Crippen LogP) is 5.54. The highest BCUT2D eigenvalue weighted by Gasteiger charge is 2.35. The zero-order chi connectivity index (χ0) is 28.5. The summed E-state index contributed by atoms with van der Waals surface area (Å²) in [5.41, 5.74) is 2.32. The maximum absolute atomic E-state index is 13.0. The van der Waals surface area contributed by atoms with Gasteiger partial charge in [0.1, 0.15) is 6.61 Å². The van der Waals surface area contributed by atoms with E-state index in [1.165, 1.54) is 0 Å². The molecule has 1 aliphatic heterocycles. The standard InChI is InChI=1S/C30H30N2O7S/c1-4-37-26-17-21(13-14-25(26)39-19-28(33)31-22-10-6-5-9-20(22)2)18-27-29(34)32(30(35)40-27)15-16-38-24-12-8-7-11-23(24)36-3/h5-14,17-18H,4,15-16,19H2,1-3H3,(H,31,33)/b27-18-. The lowest BCUT2D eigenvalue weighted by Gasteiger charge is -2.14. The lowest BCUT2D eigenvalue weighted by molar-refractivity contribution is -0.123. The average molecular weight is 563 g/mol. The van der Waals surface area contributed by atoms with Gasteiger partial charge in [-0.1, -0.05) is 36.4 Å². The summed E-state index contributed by atoms with van der Waals surface area (Å²) in [6.07, 6.45) is 1.63. The van der Waals surface area contributed by atoms with Crippen molar-refractivity contribution in [1.29, 1.82) is 0 Å². The number of hydrogen-bond donors (Lipinski definition) is 1. The van der Waals surface area contributed by atoms with Crippen LogP contribution in [0.2, 0.25) is 0 Å². The summed E-state index contributed by atoms with van der Waals surface area (Å²) in [6, 6.07) is 19.7. The molecule has 0 saturated carbocycles. The minimum Gasteiger partial charge on any atom is -0.493 e. The summed E-state index contributed by atoms with van der Waals surface area (Å²) in [4.78, 5) is 39.3. The Labute approximate surface area is 237 Å². The lowest BCUT2D eigenvalue weighted by atomic mass is 10.2. The van der Waals surface area contributed by atoms with E-state index in [9.17, 15) is 14.4 Å². The van der Waals surface area contributed by atoms with Gasteiger partial charge in [0.05, 0.1) is 25.2 Å². The number of para-hydroxylation sites is 3. The maximum Gasteiger partial charge on any atom is 0.293 e. The molecule has 1 fully saturated rings. The van der Waals surface area contributed by atoms with Crippen molar-refractivity contribution in [2.45, 2.75) is 13.8 Å². The van der Waals surface area contributed by atoms with Crippen LogP contribution >= 0.6 is 11.8 Å². The number of nitrogens with one attached hydrogen (secondary N) is 1. The molecular weight excluding hydrogens is 532 g/mol. The van der Waals surface area contributed by atoms with E-state index in [1.807, 2.05) is 50.2 Å². The molecule has 0 radical (unpaired) electrons. The van der Waals surface area contributed by atoms with Gasteiger partial charge >= 0.3 is 0 Å².